The summed E-state index contributed by atoms with van der Waals surface area (Å²) in [4.78, 5) is 15.6. The molecule has 22 heavy (non-hydrogen) atoms. The Bertz CT molecular complexity index is 551. The molecule has 0 aromatic heterocycles. The van der Waals surface area contributed by atoms with E-state index in [9.17, 15) is 18.0 Å². The fraction of sp³-hybridized carbons (Fsp3) is 0.500. The van der Waals surface area contributed by atoms with Crippen molar-refractivity contribution in [2.45, 2.75) is 24.8 Å². The zero-order valence-corrected chi connectivity index (χ0v) is 13.2. The highest BCUT2D eigenvalue weighted by atomic mass is 32.2. The van der Waals surface area contributed by atoms with Crippen LogP contribution in [-0.2, 0) is 4.79 Å². The number of rotatable bonds is 4. The van der Waals surface area contributed by atoms with Crippen LogP contribution in [0, 0.1) is 0 Å². The molecule has 1 heterocycles. The van der Waals surface area contributed by atoms with Crippen molar-refractivity contribution >= 4 is 17.7 Å². The molecule has 0 bridgehead atoms. The lowest BCUT2D eigenvalue weighted by Crippen LogP contribution is -2.44. The van der Waals surface area contributed by atoms with Gasteiger partial charge in [-0.15, -0.1) is 24.9 Å². The van der Waals surface area contributed by atoms with Gasteiger partial charge in [0, 0.05) is 0 Å². The molecule has 0 radical (unpaired) electrons. The summed E-state index contributed by atoms with van der Waals surface area (Å²) in [5.74, 6) is 0.00784. The van der Waals surface area contributed by atoms with Gasteiger partial charge < -0.3 is 9.64 Å². The van der Waals surface area contributed by atoms with Crippen LogP contribution in [0.25, 0.3) is 0 Å². The standard InChI is InChI=1S/C14H17F3N2O2S/c1-9(18(2)3)19-12(20)8-22-13(19)10-5-4-6-11(7-10)21-14(15,16)17/h4-7,9,13H,8H2,1-3H3. The van der Waals surface area contributed by atoms with E-state index in [1.165, 1.54) is 30.0 Å². The third-order valence-electron chi connectivity index (χ3n) is 3.43. The minimum absolute atomic E-state index is 0.0293. The lowest BCUT2D eigenvalue weighted by atomic mass is 10.2. The van der Waals surface area contributed by atoms with Crippen LogP contribution < -0.4 is 4.74 Å². The number of halogens is 3. The van der Waals surface area contributed by atoms with Crippen LogP contribution >= 0.6 is 11.8 Å². The van der Waals surface area contributed by atoms with Crippen molar-refractivity contribution < 1.29 is 22.7 Å². The molecule has 1 fully saturated rings. The number of thioether (sulfide) groups is 1. The molecule has 0 saturated carbocycles. The second-order valence-electron chi connectivity index (χ2n) is 5.18. The van der Waals surface area contributed by atoms with Crippen LogP contribution in [0.4, 0.5) is 13.2 Å². The number of alkyl halides is 3. The first kappa shape index (κ1) is 17.0. The van der Waals surface area contributed by atoms with Crippen molar-refractivity contribution in [1.82, 2.24) is 9.80 Å². The minimum Gasteiger partial charge on any atom is -0.406 e. The Balaban J connectivity index is 2.26. The molecule has 122 valence electrons. The van der Waals surface area contributed by atoms with Gasteiger partial charge in [-0.05, 0) is 38.7 Å². The number of hydrogen-bond donors (Lipinski definition) is 0. The molecule has 1 aromatic carbocycles. The third kappa shape index (κ3) is 3.86. The van der Waals surface area contributed by atoms with Gasteiger partial charge >= 0.3 is 6.36 Å². The molecule has 1 aromatic rings. The second-order valence-corrected chi connectivity index (χ2v) is 6.25. The van der Waals surface area contributed by atoms with E-state index in [-0.39, 0.29) is 23.2 Å². The fourth-order valence-electron chi connectivity index (χ4n) is 2.21. The molecular weight excluding hydrogens is 317 g/mol. The smallest absolute Gasteiger partial charge is 0.406 e. The van der Waals surface area contributed by atoms with Crippen molar-refractivity contribution in [2.75, 3.05) is 19.8 Å². The normalized spacial score (nSPS) is 20.6. The summed E-state index contributed by atoms with van der Waals surface area (Å²) >= 11 is 1.40. The number of carbonyl (C=O) groups excluding carboxylic acids is 1. The van der Waals surface area contributed by atoms with E-state index in [0.717, 1.165) is 0 Å². The predicted molar refractivity (Wildman–Crippen MR) is 78.3 cm³/mol. The monoisotopic (exact) mass is 334 g/mol. The quantitative estimate of drug-likeness (QED) is 0.847. The number of amides is 1. The highest BCUT2D eigenvalue weighted by molar-refractivity contribution is 8.00. The zero-order valence-electron chi connectivity index (χ0n) is 12.4. The molecule has 0 aliphatic carbocycles. The van der Waals surface area contributed by atoms with E-state index in [1.807, 2.05) is 25.9 Å². The highest BCUT2D eigenvalue weighted by Gasteiger charge is 2.37. The van der Waals surface area contributed by atoms with Gasteiger partial charge in [-0.3, -0.25) is 9.69 Å². The van der Waals surface area contributed by atoms with Gasteiger partial charge in [-0.2, -0.15) is 0 Å². The average molecular weight is 334 g/mol. The van der Waals surface area contributed by atoms with Gasteiger partial charge in [0.15, 0.2) is 0 Å². The van der Waals surface area contributed by atoms with Gasteiger partial charge in [0.2, 0.25) is 5.91 Å². The van der Waals surface area contributed by atoms with Crippen LogP contribution in [0.5, 0.6) is 5.75 Å². The lowest BCUT2D eigenvalue weighted by Gasteiger charge is -2.34. The van der Waals surface area contributed by atoms with E-state index >= 15 is 0 Å². The summed E-state index contributed by atoms with van der Waals surface area (Å²) in [5.41, 5.74) is 0.617. The van der Waals surface area contributed by atoms with E-state index < -0.39 is 6.36 Å². The number of ether oxygens (including phenoxy) is 1. The lowest BCUT2D eigenvalue weighted by molar-refractivity contribution is -0.274. The van der Waals surface area contributed by atoms with Crippen molar-refractivity contribution in [2.24, 2.45) is 0 Å². The molecule has 1 saturated heterocycles. The van der Waals surface area contributed by atoms with Gasteiger partial charge in [0.05, 0.1) is 11.9 Å². The average Bonchev–Trinajstić information content (AvgIpc) is 2.78. The largest absolute Gasteiger partial charge is 0.573 e. The summed E-state index contributed by atoms with van der Waals surface area (Å²) in [7, 11) is 3.70. The third-order valence-corrected chi connectivity index (χ3v) is 4.66. The molecule has 8 heteroatoms. The van der Waals surface area contributed by atoms with Crippen molar-refractivity contribution in [1.29, 1.82) is 0 Å². The molecular formula is C14H17F3N2O2S. The topological polar surface area (TPSA) is 32.8 Å². The van der Waals surface area contributed by atoms with Crippen molar-refractivity contribution in [3.63, 3.8) is 0 Å². The fourth-order valence-corrected chi connectivity index (χ4v) is 3.45. The molecule has 0 N–H and O–H groups in total. The summed E-state index contributed by atoms with van der Waals surface area (Å²) in [6.07, 6.45) is -4.88. The van der Waals surface area contributed by atoms with E-state index in [1.54, 1.807) is 11.0 Å². The van der Waals surface area contributed by atoms with Crippen molar-refractivity contribution in [3.8, 4) is 5.75 Å². The maximum Gasteiger partial charge on any atom is 0.573 e. The number of nitrogens with zero attached hydrogens (tertiary/aromatic N) is 2. The van der Waals surface area contributed by atoms with Gasteiger partial charge in [0.25, 0.3) is 0 Å². The highest BCUT2D eigenvalue weighted by Crippen LogP contribution is 2.41. The summed E-state index contributed by atoms with van der Waals surface area (Å²) < 4.78 is 40.9. The van der Waals surface area contributed by atoms with E-state index in [0.29, 0.717) is 11.3 Å². The van der Waals surface area contributed by atoms with Crippen LogP contribution in [-0.4, -0.2) is 48.1 Å². The molecule has 4 nitrogen and oxygen atoms in total. The summed E-state index contributed by atoms with van der Waals surface area (Å²) in [6.45, 7) is 1.88. The SMILES string of the molecule is CC(N(C)C)N1C(=O)CSC1c1cccc(OC(F)(F)F)c1. The molecule has 0 spiro atoms. The second kappa shape index (κ2) is 6.37. The Morgan fingerprint density at radius 3 is 2.68 bits per heavy atom. The molecule has 1 amide bonds. The Morgan fingerprint density at radius 2 is 2.09 bits per heavy atom. The van der Waals surface area contributed by atoms with Gasteiger partial charge in [-0.25, -0.2) is 0 Å². The minimum atomic E-state index is -4.73. The Labute approximate surface area is 131 Å². The predicted octanol–water partition coefficient (Wildman–Crippen LogP) is 3.07. The maximum absolute atomic E-state index is 12.3. The molecule has 1 aliphatic rings. The summed E-state index contributed by atoms with van der Waals surface area (Å²) in [5, 5.41) is -0.318. The molecule has 1 aliphatic heterocycles. The van der Waals surface area contributed by atoms with E-state index in [2.05, 4.69) is 4.74 Å². The number of carbonyl (C=O) groups is 1. The molecule has 2 atom stereocenters. The Kier molecular flexibility index (Phi) is 4.91. The first-order valence-electron chi connectivity index (χ1n) is 6.64. The van der Waals surface area contributed by atoms with Crippen LogP contribution in [0.1, 0.15) is 17.9 Å². The van der Waals surface area contributed by atoms with Gasteiger partial charge in [-0.1, -0.05) is 12.1 Å². The van der Waals surface area contributed by atoms with E-state index in [4.69, 9.17) is 0 Å². The number of hydrogen-bond acceptors (Lipinski definition) is 4. The number of benzene rings is 1. The first-order chi connectivity index (χ1) is 10.2. The van der Waals surface area contributed by atoms with Crippen LogP contribution in [0.15, 0.2) is 24.3 Å². The Hall–Kier alpha value is -1.41. The maximum atomic E-state index is 12.3. The van der Waals surface area contributed by atoms with Gasteiger partial charge in [0.1, 0.15) is 11.1 Å². The van der Waals surface area contributed by atoms with Crippen LogP contribution in [0.2, 0.25) is 0 Å². The van der Waals surface area contributed by atoms with Crippen LogP contribution in [0.3, 0.4) is 0 Å². The first-order valence-corrected chi connectivity index (χ1v) is 7.69. The zero-order chi connectivity index (χ0) is 16.5. The molecule has 2 rings (SSSR count). The molecule has 2 unspecified atom stereocenters. The summed E-state index contributed by atoms with van der Waals surface area (Å²) in [6, 6.07) is 5.78. The Morgan fingerprint density at radius 1 is 1.41 bits per heavy atom. The van der Waals surface area contributed by atoms with Crippen molar-refractivity contribution in [3.05, 3.63) is 29.8 Å².